The average molecular weight is 557 g/mol. The number of pyridine rings is 1. The van der Waals surface area contributed by atoms with Crippen molar-refractivity contribution < 1.29 is 19.4 Å². The van der Waals surface area contributed by atoms with Crippen molar-refractivity contribution in [3.8, 4) is 5.75 Å². The van der Waals surface area contributed by atoms with Crippen LogP contribution in [0.5, 0.6) is 5.75 Å². The second-order valence-electron chi connectivity index (χ2n) is 10.6. The first-order valence-electron chi connectivity index (χ1n) is 13.7. The van der Waals surface area contributed by atoms with Gasteiger partial charge in [0.15, 0.2) is 0 Å². The lowest BCUT2D eigenvalue weighted by atomic mass is 9.94. The number of fused-ring (bicyclic) bond motifs is 1. The number of aliphatic hydroxyl groups is 1. The molecule has 0 saturated carbocycles. The molecule has 214 valence electrons. The van der Waals surface area contributed by atoms with Crippen LogP contribution < -0.4 is 20.3 Å². The summed E-state index contributed by atoms with van der Waals surface area (Å²) in [5, 5.41) is 16.5. The number of ether oxygens (including phenoxy) is 1. The molecule has 0 spiro atoms. The van der Waals surface area contributed by atoms with Gasteiger partial charge in [0, 0.05) is 74.5 Å². The summed E-state index contributed by atoms with van der Waals surface area (Å²) < 4.78 is 7.44. The highest BCUT2D eigenvalue weighted by atomic mass is 16.5. The Kier molecular flexibility index (Phi) is 8.23. The molecule has 1 aliphatic heterocycles. The quantitative estimate of drug-likeness (QED) is 0.294. The molecular formula is C31H36N6O4. The Morgan fingerprint density at radius 1 is 1.05 bits per heavy atom. The summed E-state index contributed by atoms with van der Waals surface area (Å²) in [6, 6.07) is 18.3. The number of hydrogen-bond donors (Lipinski definition) is 3. The van der Waals surface area contributed by atoms with Crippen LogP contribution in [0.15, 0.2) is 73.1 Å². The Morgan fingerprint density at radius 3 is 2.51 bits per heavy atom. The highest BCUT2D eigenvalue weighted by Gasteiger charge is 2.26. The lowest BCUT2D eigenvalue weighted by Gasteiger charge is -2.35. The summed E-state index contributed by atoms with van der Waals surface area (Å²) in [5.41, 5.74) is 2.54. The van der Waals surface area contributed by atoms with Gasteiger partial charge in [0.2, 0.25) is 0 Å². The highest BCUT2D eigenvalue weighted by Crippen LogP contribution is 2.29. The van der Waals surface area contributed by atoms with Crippen LogP contribution in [0.3, 0.4) is 0 Å². The molecule has 0 aliphatic carbocycles. The topological polar surface area (TPSA) is 112 Å². The van der Waals surface area contributed by atoms with Crippen molar-refractivity contribution in [1.29, 1.82) is 0 Å². The molecule has 10 heteroatoms. The molecule has 0 radical (unpaired) electrons. The van der Waals surface area contributed by atoms with E-state index in [1.54, 1.807) is 48.3 Å². The molecule has 2 aromatic heterocycles. The number of carbonyl (C=O) groups is 2. The van der Waals surface area contributed by atoms with Crippen LogP contribution in [0.25, 0.3) is 10.9 Å². The second-order valence-corrected chi connectivity index (χ2v) is 10.6. The zero-order chi connectivity index (χ0) is 29.0. The maximum atomic E-state index is 12.9. The van der Waals surface area contributed by atoms with Crippen LogP contribution in [0.1, 0.15) is 30.1 Å². The van der Waals surface area contributed by atoms with E-state index in [1.165, 1.54) is 0 Å². The molecule has 0 unspecified atom stereocenters. The molecule has 0 atom stereocenters. The Hall–Kier alpha value is -4.41. The van der Waals surface area contributed by atoms with Gasteiger partial charge in [0.1, 0.15) is 18.2 Å². The van der Waals surface area contributed by atoms with E-state index in [0.29, 0.717) is 23.7 Å². The monoisotopic (exact) mass is 556 g/mol. The van der Waals surface area contributed by atoms with Gasteiger partial charge in [0.25, 0.3) is 5.91 Å². The van der Waals surface area contributed by atoms with Crippen molar-refractivity contribution in [3.05, 3.63) is 78.6 Å². The molecule has 2 amide bonds. The molecule has 0 bridgehead atoms. The number of piperidine rings is 1. The number of anilines is 3. The fraction of sp³-hybridized carbons (Fsp3) is 0.323. The Morgan fingerprint density at radius 2 is 1.78 bits per heavy atom. The van der Waals surface area contributed by atoms with Crippen molar-refractivity contribution in [1.82, 2.24) is 19.8 Å². The number of hydrogen-bond acceptors (Lipinski definition) is 7. The van der Waals surface area contributed by atoms with Gasteiger partial charge in [0.05, 0.1) is 11.1 Å². The van der Waals surface area contributed by atoms with E-state index in [0.717, 1.165) is 54.8 Å². The molecule has 41 heavy (non-hydrogen) atoms. The molecule has 10 nitrogen and oxygen atoms in total. The van der Waals surface area contributed by atoms with Crippen molar-refractivity contribution in [3.63, 3.8) is 0 Å². The van der Waals surface area contributed by atoms with Gasteiger partial charge in [-0.25, -0.2) is 9.78 Å². The number of nitrogens with one attached hydrogen (secondary N) is 2. The van der Waals surface area contributed by atoms with Crippen LogP contribution in [-0.2, 0) is 0 Å². The zero-order valence-corrected chi connectivity index (χ0v) is 23.6. The van der Waals surface area contributed by atoms with Crippen molar-refractivity contribution in [2.45, 2.75) is 25.4 Å². The molecule has 3 N–H and O–H groups in total. The molecule has 1 aliphatic rings. The Balaban J connectivity index is 1.17. The van der Waals surface area contributed by atoms with Crippen LogP contribution in [0.2, 0.25) is 0 Å². The molecular weight excluding hydrogens is 520 g/mol. The number of carbonyl (C=O) groups excluding carboxylic acids is 2. The predicted octanol–water partition coefficient (Wildman–Crippen LogP) is 4.47. The van der Waals surface area contributed by atoms with Crippen molar-refractivity contribution >= 4 is 40.0 Å². The van der Waals surface area contributed by atoms with Crippen LogP contribution in [-0.4, -0.2) is 77.4 Å². The summed E-state index contributed by atoms with van der Waals surface area (Å²) in [6.45, 7) is 4.96. The lowest BCUT2D eigenvalue weighted by Crippen LogP contribution is -2.43. The van der Waals surface area contributed by atoms with Gasteiger partial charge in [-0.3, -0.25) is 14.3 Å². The fourth-order valence-electron chi connectivity index (χ4n) is 4.92. The summed E-state index contributed by atoms with van der Waals surface area (Å²) in [4.78, 5) is 33.6. The third-order valence-electron chi connectivity index (χ3n) is 7.59. The molecule has 2 aromatic carbocycles. The standard InChI is InChI=1S/C31H36N6O4/c1-31(40)12-16-36(17-13-31)18-19-41-26-7-4-22(5-8-26)29(38)34-28-21-25(10-14-33-28)35(3)24-6-9-27-23(20-24)11-15-37(27)30(39)32-2/h4-11,14-15,20-21,40H,12-13,16-19H2,1-3H3,(H,32,39)(H,33,34,38). The average Bonchev–Trinajstić information content (AvgIpc) is 3.41. The number of amides is 2. The summed E-state index contributed by atoms with van der Waals surface area (Å²) >= 11 is 0. The first-order valence-corrected chi connectivity index (χ1v) is 13.7. The minimum Gasteiger partial charge on any atom is -0.492 e. The minimum atomic E-state index is -0.557. The summed E-state index contributed by atoms with van der Waals surface area (Å²) in [6.07, 6.45) is 4.95. The Labute approximate surface area is 239 Å². The third-order valence-corrected chi connectivity index (χ3v) is 7.59. The molecule has 1 saturated heterocycles. The lowest BCUT2D eigenvalue weighted by molar-refractivity contribution is -0.00768. The van der Waals surface area contributed by atoms with Gasteiger partial charge in [-0.15, -0.1) is 0 Å². The maximum Gasteiger partial charge on any atom is 0.325 e. The fourth-order valence-corrected chi connectivity index (χ4v) is 4.92. The molecule has 5 rings (SSSR count). The maximum absolute atomic E-state index is 12.9. The van der Waals surface area contributed by atoms with Crippen LogP contribution in [0.4, 0.5) is 22.0 Å². The second kappa shape index (κ2) is 12.0. The van der Waals surface area contributed by atoms with Gasteiger partial charge < -0.3 is 25.4 Å². The van der Waals surface area contributed by atoms with Gasteiger partial charge >= 0.3 is 6.03 Å². The van der Waals surface area contributed by atoms with Gasteiger partial charge in [-0.2, -0.15) is 0 Å². The number of rotatable bonds is 8. The van der Waals surface area contributed by atoms with E-state index < -0.39 is 5.60 Å². The van der Waals surface area contributed by atoms with E-state index >= 15 is 0 Å². The zero-order valence-electron chi connectivity index (χ0n) is 23.6. The molecule has 3 heterocycles. The number of aromatic nitrogens is 2. The normalized spacial score (nSPS) is 14.9. The summed E-state index contributed by atoms with van der Waals surface area (Å²) in [5.74, 6) is 0.878. The third kappa shape index (κ3) is 6.67. The Bertz CT molecular complexity index is 1520. The van der Waals surface area contributed by atoms with E-state index in [-0.39, 0.29) is 11.9 Å². The smallest absolute Gasteiger partial charge is 0.325 e. The first-order chi connectivity index (χ1) is 19.7. The predicted molar refractivity (Wildman–Crippen MR) is 160 cm³/mol. The largest absolute Gasteiger partial charge is 0.492 e. The first kappa shape index (κ1) is 28.1. The van der Waals surface area contributed by atoms with E-state index in [2.05, 4.69) is 20.5 Å². The van der Waals surface area contributed by atoms with Crippen LogP contribution in [0, 0.1) is 0 Å². The van der Waals surface area contributed by atoms with E-state index in [9.17, 15) is 14.7 Å². The number of nitrogens with zero attached hydrogens (tertiary/aromatic N) is 4. The minimum absolute atomic E-state index is 0.192. The summed E-state index contributed by atoms with van der Waals surface area (Å²) in [7, 11) is 3.54. The van der Waals surface area contributed by atoms with Crippen molar-refractivity contribution in [2.75, 3.05) is 50.6 Å². The molecule has 1 fully saturated rings. The highest BCUT2D eigenvalue weighted by molar-refractivity contribution is 6.04. The molecule has 4 aromatic rings. The van der Waals surface area contributed by atoms with Gasteiger partial charge in [-0.05, 0) is 74.4 Å². The SMILES string of the molecule is CNC(=O)n1ccc2cc(N(C)c3ccnc(NC(=O)c4ccc(OCCN5CCC(C)(O)CC5)cc4)c3)ccc21. The van der Waals surface area contributed by atoms with Gasteiger partial charge in [-0.1, -0.05) is 0 Å². The van der Waals surface area contributed by atoms with E-state index in [1.807, 2.05) is 55.3 Å². The number of likely N-dealkylation sites (tertiary alicyclic amines) is 1. The van der Waals surface area contributed by atoms with E-state index in [4.69, 9.17) is 4.74 Å². The van der Waals surface area contributed by atoms with Crippen molar-refractivity contribution in [2.24, 2.45) is 0 Å². The number of benzene rings is 2. The van der Waals surface area contributed by atoms with Crippen LogP contribution >= 0.6 is 0 Å².